The Hall–Kier alpha value is -3.36. The van der Waals surface area contributed by atoms with Gasteiger partial charge in [0.2, 0.25) is 5.95 Å². The van der Waals surface area contributed by atoms with Crippen LogP contribution in [0.3, 0.4) is 0 Å². The normalized spacial score (nSPS) is 13.6. The molecule has 144 valence electrons. The number of para-hydroxylation sites is 1. The fraction of sp³-hybridized carbons (Fsp3) is 0.211. The number of anilines is 2. The summed E-state index contributed by atoms with van der Waals surface area (Å²) in [4.78, 5) is 26.6. The highest BCUT2D eigenvalue weighted by Crippen LogP contribution is 2.30. The highest BCUT2D eigenvalue weighted by molar-refractivity contribution is 5.58. The molecule has 1 aliphatic heterocycles. The van der Waals surface area contributed by atoms with Crippen molar-refractivity contribution in [2.24, 2.45) is 0 Å². The van der Waals surface area contributed by atoms with Gasteiger partial charge in [0.1, 0.15) is 0 Å². The monoisotopic (exact) mass is 388 g/mol. The van der Waals surface area contributed by atoms with Crippen molar-refractivity contribution in [3.05, 3.63) is 86.4 Å². The first kappa shape index (κ1) is 18.0. The lowest BCUT2D eigenvalue weighted by atomic mass is 10.1. The molecule has 0 unspecified atom stereocenters. The van der Waals surface area contributed by atoms with Gasteiger partial charge in [0, 0.05) is 18.8 Å². The number of hydrogen-bond donors (Lipinski definition) is 0. The Kier molecular flexibility index (Phi) is 4.29. The maximum Gasteiger partial charge on any atom is 0.416 e. The summed E-state index contributed by atoms with van der Waals surface area (Å²) in [5.74, 6) is 0.294. The standard InChI is InChI=1S/C19H15F3N4O2/c20-19(21,22)14-6-4-5-13(11-14)12-26-17(28)16(27)25-10-9-24(18(25)23-26)15-7-2-1-3-8-15/h1-8,11H,9-10,12H2. The summed E-state index contributed by atoms with van der Waals surface area (Å²) in [6.45, 7) is 0.559. The second kappa shape index (κ2) is 6.66. The van der Waals surface area contributed by atoms with Gasteiger partial charge in [-0.1, -0.05) is 30.3 Å². The van der Waals surface area contributed by atoms with Crippen molar-refractivity contribution in [1.29, 1.82) is 0 Å². The van der Waals surface area contributed by atoms with Crippen molar-refractivity contribution in [3.63, 3.8) is 0 Å². The summed E-state index contributed by atoms with van der Waals surface area (Å²) in [5.41, 5.74) is -1.38. The second-order valence-corrected chi connectivity index (χ2v) is 6.40. The number of rotatable bonds is 3. The number of aromatic nitrogens is 3. The van der Waals surface area contributed by atoms with Crippen molar-refractivity contribution in [3.8, 4) is 0 Å². The number of hydrogen-bond acceptors (Lipinski definition) is 4. The van der Waals surface area contributed by atoms with E-state index in [1.165, 1.54) is 16.7 Å². The molecule has 4 rings (SSSR count). The molecular formula is C19H15F3N4O2. The lowest BCUT2D eigenvalue weighted by Gasteiger charge is -2.18. The van der Waals surface area contributed by atoms with Crippen LogP contribution in [-0.4, -0.2) is 20.9 Å². The molecule has 0 spiro atoms. The zero-order valence-corrected chi connectivity index (χ0v) is 14.6. The van der Waals surface area contributed by atoms with Gasteiger partial charge in [-0.2, -0.15) is 13.2 Å². The maximum absolute atomic E-state index is 12.9. The van der Waals surface area contributed by atoms with Crippen molar-refractivity contribution >= 4 is 11.6 Å². The van der Waals surface area contributed by atoms with Crippen LogP contribution in [0.2, 0.25) is 0 Å². The number of alkyl halides is 3. The Morgan fingerprint density at radius 3 is 2.39 bits per heavy atom. The van der Waals surface area contributed by atoms with Gasteiger partial charge in [-0.05, 0) is 29.8 Å². The van der Waals surface area contributed by atoms with Gasteiger partial charge in [-0.15, -0.1) is 5.10 Å². The minimum Gasteiger partial charge on any atom is -0.309 e. The molecule has 0 aliphatic carbocycles. The third-order valence-corrected chi connectivity index (χ3v) is 4.56. The van der Waals surface area contributed by atoms with Gasteiger partial charge in [-0.25, -0.2) is 4.68 Å². The Balaban J connectivity index is 1.75. The van der Waals surface area contributed by atoms with E-state index in [1.54, 1.807) is 4.90 Å². The third kappa shape index (κ3) is 3.19. The van der Waals surface area contributed by atoms with E-state index in [0.717, 1.165) is 22.5 Å². The largest absolute Gasteiger partial charge is 0.416 e. The molecule has 1 aliphatic rings. The molecular weight excluding hydrogens is 373 g/mol. The van der Waals surface area contributed by atoms with Crippen LogP contribution in [0, 0.1) is 0 Å². The summed E-state index contributed by atoms with van der Waals surface area (Å²) in [7, 11) is 0. The zero-order chi connectivity index (χ0) is 19.9. The van der Waals surface area contributed by atoms with Crippen molar-refractivity contribution in [2.75, 3.05) is 11.4 Å². The Morgan fingerprint density at radius 1 is 0.929 bits per heavy atom. The van der Waals surface area contributed by atoms with Gasteiger partial charge < -0.3 is 4.90 Å². The Labute approximate surface area is 157 Å². The lowest BCUT2D eigenvalue weighted by molar-refractivity contribution is -0.137. The van der Waals surface area contributed by atoms with E-state index in [9.17, 15) is 22.8 Å². The predicted octanol–water partition coefficient (Wildman–Crippen LogP) is 2.62. The van der Waals surface area contributed by atoms with Gasteiger partial charge in [0.05, 0.1) is 12.1 Å². The molecule has 9 heteroatoms. The fourth-order valence-corrected chi connectivity index (χ4v) is 3.20. The fourth-order valence-electron chi connectivity index (χ4n) is 3.20. The van der Waals surface area contributed by atoms with E-state index in [4.69, 9.17) is 0 Å². The topological polar surface area (TPSA) is 60.1 Å². The van der Waals surface area contributed by atoms with E-state index in [-0.39, 0.29) is 12.1 Å². The Bertz CT molecular complexity index is 1140. The minimum absolute atomic E-state index is 0.228. The molecule has 0 N–H and O–H groups in total. The smallest absolute Gasteiger partial charge is 0.309 e. The molecule has 1 aromatic heterocycles. The molecule has 2 aromatic carbocycles. The molecule has 0 atom stereocenters. The van der Waals surface area contributed by atoms with E-state index in [0.29, 0.717) is 19.0 Å². The summed E-state index contributed by atoms with van der Waals surface area (Å²) < 4.78 is 41.0. The molecule has 0 bridgehead atoms. The lowest BCUT2D eigenvalue weighted by Crippen LogP contribution is -2.42. The van der Waals surface area contributed by atoms with Crippen LogP contribution < -0.4 is 16.0 Å². The third-order valence-electron chi connectivity index (χ3n) is 4.56. The van der Waals surface area contributed by atoms with E-state index >= 15 is 0 Å². The molecule has 0 fully saturated rings. The maximum atomic E-state index is 12.9. The van der Waals surface area contributed by atoms with Gasteiger partial charge in [-0.3, -0.25) is 14.2 Å². The van der Waals surface area contributed by atoms with Crippen LogP contribution in [0.4, 0.5) is 24.8 Å². The summed E-state index contributed by atoms with van der Waals surface area (Å²) in [6, 6.07) is 13.9. The van der Waals surface area contributed by atoms with Gasteiger partial charge >= 0.3 is 17.3 Å². The zero-order valence-electron chi connectivity index (χ0n) is 14.6. The van der Waals surface area contributed by atoms with E-state index in [2.05, 4.69) is 5.10 Å². The van der Waals surface area contributed by atoms with Crippen LogP contribution in [0.5, 0.6) is 0 Å². The minimum atomic E-state index is -4.49. The summed E-state index contributed by atoms with van der Waals surface area (Å²) >= 11 is 0. The highest BCUT2D eigenvalue weighted by Gasteiger charge is 2.30. The van der Waals surface area contributed by atoms with Crippen LogP contribution in [0.25, 0.3) is 0 Å². The van der Waals surface area contributed by atoms with E-state index in [1.807, 2.05) is 30.3 Å². The van der Waals surface area contributed by atoms with Crippen LogP contribution in [0.1, 0.15) is 11.1 Å². The number of nitrogens with zero attached hydrogens (tertiary/aromatic N) is 4. The average Bonchev–Trinajstić information content (AvgIpc) is 3.10. The molecule has 6 nitrogen and oxygen atoms in total. The van der Waals surface area contributed by atoms with Crippen molar-refractivity contribution in [1.82, 2.24) is 14.3 Å². The molecule has 0 saturated carbocycles. The molecule has 0 amide bonds. The summed E-state index contributed by atoms with van der Waals surface area (Å²) in [5, 5.41) is 4.27. The second-order valence-electron chi connectivity index (χ2n) is 6.40. The number of halogens is 3. The first-order chi connectivity index (χ1) is 13.3. The molecule has 2 heterocycles. The quantitative estimate of drug-likeness (QED) is 0.648. The highest BCUT2D eigenvalue weighted by atomic mass is 19.4. The van der Waals surface area contributed by atoms with Crippen LogP contribution in [0.15, 0.2) is 64.2 Å². The van der Waals surface area contributed by atoms with Crippen molar-refractivity contribution in [2.45, 2.75) is 19.3 Å². The molecule has 0 radical (unpaired) electrons. The van der Waals surface area contributed by atoms with Crippen molar-refractivity contribution < 1.29 is 13.2 Å². The van der Waals surface area contributed by atoms with Crippen LogP contribution >= 0.6 is 0 Å². The molecule has 28 heavy (non-hydrogen) atoms. The van der Waals surface area contributed by atoms with Gasteiger partial charge in [0.15, 0.2) is 0 Å². The number of benzene rings is 2. The molecule has 0 saturated heterocycles. The Morgan fingerprint density at radius 2 is 1.68 bits per heavy atom. The first-order valence-electron chi connectivity index (χ1n) is 8.55. The summed E-state index contributed by atoms with van der Waals surface area (Å²) in [6.07, 6.45) is -4.49. The first-order valence-corrected chi connectivity index (χ1v) is 8.55. The average molecular weight is 388 g/mol. The SMILES string of the molecule is O=c1c(=O)n2c(nn1Cc1cccc(C(F)(F)F)c1)N(c1ccccc1)CC2. The van der Waals surface area contributed by atoms with Gasteiger partial charge in [0.25, 0.3) is 0 Å². The van der Waals surface area contributed by atoms with Crippen LogP contribution in [-0.2, 0) is 19.3 Å². The van der Waals surface area contributed by atoms with E-state index < -0.39 is 22.9 Å². The number of fused-ring (bicyclic) bond motifs is 1. The predicted molar refractivity (Wildman–Crippen MR) is 96.8 cm³/mol. The molecule has 3 aromatic rings.